The Labute approximate surface area is 154 Å². The van der Waals surface area contributed by atoms with Crippen molar-refractivity contribution in [1.29, 1.82) is 0 Å². The smallest absolute Gasteiger partial charge is 0.339 e. The van der Waals surface area contributed by atoms with Gasteiger partial charge >= 0.3 is 10.1 Å². The maximum atomic E-state index is 12.7. The van der Waals surface area contributed by atoms with E-state index in [0.29, 0.717) is 24.4 Å². The predicted octanol–water partition coefficient (Wildman–Crippen LogP) is 4.09. The molecule has 1 fully saturated rings. The molecule has 0 bridgehead atoms. The molecule has 1 atom stereocenters. The Hall–Kier alpha value is -2.34. The fourth-order valence-electron chi connectivity index (χ4n) is 3.06. The fraction of sp³-hybridized carbons (Fsp3) is 0.350. The fourth-order valence-corrected chi connectivity index (χ4v) is 4.02. The van der Waals surface area contributed by atoms with Crippen LogP contribution in [-0.4, -0.2) is 20.9 Å². The summed E-state index contributed by atoms with van der Waals surface area (Å²) >= 11 is 0. The number of anilines is 1. The quantitative estimate of drug-likeness (QED) is 0.715. The van der Waals surface area contributed by atoms with E-state index >= 15 is 0 Å². The first-order valence-corrected chi connectivity index (χ1v) is 10.3. The van der Waals surface area contributed by atoms with E-state index < -0.39 is 10.1 Å². The van der Waals surface area contributed by atoms with Crippen molar-refractivity contribution in [3.05, 3.63) is 54.1 Å². The largest absolute Gasteiger partial charge is 0.379 e. The number of carbonyl (C=O) groups excluding carboxylic acids is 1. The average Bonchev–Trinajstić information content (AvgIpc) is 3.07. The van der Waals surface area contributed by atoms with Gasteiger partial charge in [-0.05, 0) is 54.7 Å². The highest BCUT2D eigenvalue weighted by atomic mass is 32.2. The second-order valence-corrected chi connectivity index (χ2v) is 8.07. The van der Waals surface area contributed by atoms with Crippen LogP contribution in [0.1, 0.15) is 44.6 Å². The van der Waals surface area contributed by atoms with E-state index in [9.17, 15) is 13.2 Å². The van der Waals surface area contributed by atoms with Crippen molar-refractivity contribution in [3.63, 3.8) is 0 Å². The standard InChI is InChI=1S/C20H23NO4S/c1-3-15(2)18-7-4-5-8-19(18)25-26(23,24)17-12-10-16(11-13-17)21-14-6-9-20(21)22/h4-5,7-8,10-13,15H,3,6,9,14H2,1-2H3. The van der Waals surface area contributed by atoms with E-state index in [1.807, 2.05) is 26.0 Å². The van der Waals surface area contributed by atoms with Crippen LogP contribution in [-0.2, 0) is 14.9 Å². The Morgan fingerprint density at radius 3 is 2.42 bits per heavy atom. The summed E-state index contributed by atoms with van der Waals surface area (Å²) in [5.41, 5.74) is 1.59. The molecule has 0 saturated carbocycles. The SMILES string of the molecule is CCC(C)c1ccccc1OS(=O)(=O)c1ccc(N2CCCC2=O)cc1. The van der Waals surface area contributed by atoms with E-state index in [-0.39, 0.29) is 16.7 Å². The van der Waals surface area contributed by atoms with Gasteiger partial charge in [-0.3, -0.25) is 4.79 Å². The van der Waals surface area contributed by atoms with Crippen LogP contribution in [0.4, 0.5) is 5.69 Å². The third kappa shape index (κ3) is 3.75. The molecular weight excluding hydrogens is 350 g/mol. The molecule has 1 aliphatic heterocycles. The number of amides is 1. The highest BCUT2D eigenvalue weighted by molar-refractivity contribution is 7.87. The Morgan fingerprint density at radius 1 is 1.12 bits per heavy atom. The van der Waals surface area contributed by atoms with E-state index in [4.69, 9.17) is 4.18 Å². The van der Waals surface area contributed by atoms with Crippen molar-refractivity contribution in [1.82, 2.24) is 0 Å². The second kappa shape index (κ2) is 7.50. The van der Waals surface area contributed by atoms with Crippen molar-refractivity contribution < 1.29 is 17.4 Å². The van der Waals surface area contributed by atoms with Gasteiger partial charge in [0, 0.05) is 18.7 Å². The van der Waals surface area contributed by atoms with Crippen molar-refractivity contribution in [3.8, 4) is 5.75 Å². The number of nitrogens with zero attached hydrogens (tertiary/aromatic N) is 1. The third-order valence-corrected chi connectivity index (χ3v) is 6.02. The van der Waals surface area contributed by atoms with Crippen molar-refractivity contribution in [2.45, 2.75) is 43.9 Å². The Balaban J connectivity index is 1.84. The molecule has 0 spiro atoms. The predicted molar refractivity (Wildman–Crippen MR) is 101 cm³/mol. The van der Waals surface area contributed by atoms with Gasteiger partial charge in [0.1, 0.15) is 10.6 Å². The van der Waals surface area contributed by atoms with Crippen molar-refractivity contribution in [2.24, 2.45) is 0 Å². The zero-order chi connectivity index (χ0) is 18.7. The third-order valence-electron chi connectivity index (χ3n) is 4.77. The van der Waals surface area contributed by atoms with Gasteiger partial charge in [0.25, 0.3) is 0 Å². The van der Waals surface area contributed by atoms with Crippen LogP contribution in [0.3, 0.4) is 0 Å². The Morgan fingerprint density at radius 2 is 1.81 bits per heavy atom. The first-order valence-electron chi connectivity index (χ1n) is 8.86. The second-order valence-electron chi connectivity index (χ2n) is 6.53. The van der Waals surface area contributed by atoms with Crippen LogP contribution in [0.5, 0.6) is 5.75 Å². The minimum Gasteiger partial charge on any atom is -0.379 e. The van der Waals surface area contributed by atoms with Crippen LogP contribution in [0.2, 0.25) is 0 Å². The lowest BCUT2D eigenvalue weighted by atomic mass is 9.98. The maximum absolute atomic E-state index is 12.7. The first-order chi connectivity index (χ1) is 12.4. The van der Waals surface area contributed by atoms with Gasteiger partial charge in [0.2, 0.25) is 5.91 Å². The summed E-state index contributed by atoms with van der Waals surface area (Å²) in [5, 5.41) is 0. The van der Waals surface area contributed by atoms with Crippen molar-refractivity contribution >= 4 is 21.7 Å². The summed E-state index contributed by atoms with van der Waals surface area (Å²) in [6, 6.07) is 13.5. The molecule has 0 radical (unpaired) electrons. The number of rotatable bonds is 6. The number of carbonyl (C=O) groups is 1. The monoisotopic (exact) mass is 373 g/mol. The van der Waals surface area contributed by atoms with Gasteiger partial charge in [-0.25, -0.2) is 0 Å². The van der Waals surface area contributed by atoms with Crippen LogP contribution in [0.25, 0.3) is 0 Å². The van der Waals surface area contributed by atoms with Crippen LogP contribution < -0.4 is 9.08 Å². The van der Waals surface area contributed by atoms with Crippen LogP contribution in [0.15, 0.2) is 53.4 Å². The Kier molecular flexibility index (Phi) is 5.32. The topological polar surface area (TPSA) is 63.7 Å². The molecule has 1 amide bonds. The zero-order valence-corrected chi connectivity index (χ0v) is 15.8. The molecular formula is C20H23NO4S. The van der Waals surface area contributed by atoms with Gasteiger partial charge in [0.05, 0.1) is 0 Å². The van der Waals surface area contributed by atoms with Gasteiger partial charge in [-0.15, -0.1) is 0 Å². The summed E-state index contributed by atoms with van der Waals surface area (Å²) in [7, 11) is -3.93. The Bertz CT molecular complexity index is 890. The minimum atomic E-state index is -3.93. The zero-order valence-electron chi connectivity index (χ0n) is 15.0. The number of benzene rings is 2. The molecule has 2 aromatic rings. The normalized spacial score (nSPS) is 15.9. The molecule has 5 nitrogen and oxygen atoms in total. The van der Waals surface area contributed by atoms with Gasteiger partial charge in [-0.2, -0.15) is 8.42 Å². The van der Waals surface area contributed by atoms with E-state index in [1.54, 1.807) is 29.2 Å². The summed E-state index contributed by atoms with van der Waals surface area (Å²) in [6.07, 6.45) is 2.25. The molecule has 1 heterocycles. The first kappa shape index (κ1) is 18.5. The van der Waals surface area contributed by atoms with Gasteiger partial charge in [-0.1, -0.05) is 32.0 Å². The molecule has 3 rings (SSSR count). The van der Waals surface area contributed by atoms with E-state index in [0.717, 1.165) is 18.4 Å². The van der Waals surface area contributed by atoms with Crippen LogP contribution in [0, 0.1) is 0 Å². The molecule has 6 heteroatoms. The molecule has 26 heavy (non-hydrogen) atoms. The molecule has 138 valence electrons. The number of hydrogen-bond acceptors (Lipinski definition) is 4. The lowest BCUT2D eigenvalue weighted by Gasteiger charge is -2.17. The van der Waals surface area contributed by atoms with Crippen molar-refractivity contribution in [2.75, 3.05) is 11.4 Å². The van der Waals surface area contributed by atoms with E-state index in [2.05, 4.69) is 0 Å². The molecule has 1 aliphatic rings. The summed E-state index contributed by atoms with van der Waals surface area (Å²) < 4.78 is 30.7. The maximum Gasteiger partial charge on any atom is 0.339 e. The summed E-state index contributed by atoms with van der Waals surface area (Å²) in [5.74, 6) is 0.630. The van der Waals surface area contributed by atoms with Crippen LogP contribution >= 0.6 is 0 Å². The van der Waals surface area contributed by atoms with E-state index in [1.165, 1.54) is 12.1 Å². The lowest BCUT2D eigenvalue weighted by molar-refractivity contribution is -0.117. The molecule has 0 N–H and O–H groups in total. The number of para-hydroxylation sites is 1. The average molecular weight is 373 g/mol. The van der Waals surface area contributed by atoms with Gasteiger partial charge in [0.15, 0.2) is 0 Å². The lowest BCUT2D eigenvalue weighted by Crippen LogP contribution is -2.23. The highest BCUT2D eigenvalue weighted by Gasteiger charge is 2.23. The molecule has 2 aromatic carbocycles. The summed E-state index contributed by atoms with van der Waals surface area (Å²) in [4.78, 5) is 13.6. The molecule has 0 aliphatic carbocycles. The number of hydrogen-bond donors (Lipinski definition) is 0. The molecule has 1 saturated heterocycles. The highest BCUT2D eigenvalue weighted by Crippen LogP contribution is 2.31. The molecule has 1 unspecified atom stereocenters. The minimum absolute atomic E-state index is 0.0688. The molecule has 0 aromatic heterocycles. The van der Waals surface area contributed by atoms with Gasteiger partial charge < -0.3 is 9.08 Å². The summed E-state index contributed by atoms with van der Waals surface area (Å²) in [6.45, 7) is 4.76.